The Bertz CT molecular complexity index is 334. The Hall–Kier alpha value is -1.35. The first-order chi connectivity index (χ1) is 7.27. The van der Waals surface area contributed by atoms with Gasteiger partial charge in [-0.25, -0.2) is 0 Å². The van der Waals surface area contributed by atoms with Crippen LogP contribution in [0.1, 0.15) is 18.3 Å². The summed E-state index contributed by atoms with van der Waals surface area (Å²) in [6, 6.07) is 3.90. The predicted octanol–water partition coefficient (Wildman–Crippen LogP) is 1.85. The van der Waals surface area contributed by atoms with E-state index in [-0.39, 0.29) is 0 Å². The van der Waals surface area contributed by atoms with E-state index in [4.69, 9.17) is 10.5 Å². The van der Waals surface area contributed by atoms with E-state index in [0.717, 1.165) is 23.6 Å². The SMILES string of the molecule is CC=CCOc1ccc(C)nc1CCN. The number of pyridine rings is 1. The van der Waals surface area contributed by atoms with Crippen LogP contribution >= 0.6 is 0 Å². The predicted molar refractivity (Wildman–Crippen MR) is 62.0 cm³/mol. The molecule has 0 aliphatic heterocycles. The molecular weight excluding hydrogens is 188 g/mol. The summed E-state index contributed by atoms with van der Waals surface area (Å²) in [7, 11) is 0. The number of hydrogen-bond donors (Lipinski definition) is 1. The van der Waals surface area contributed by atoms with E-state index in [2.05, 4.69) is 4.98 Å². The van der Waals surface area contributed by atoms with Crippen LogP contribution in [0.5, 0.6) is 5.75 Å². The van der Waals surface area contributed by atoms with Gasteiger partial charge in [0.15, 0.2) is 0 Å². The minimum Gasteiger partial charge on any atom is -0.488 e. The molecule has 0 aromatic carbocycles. The number of rotatable bonds is 5. The van der Waals surface area contributed by atoms with Gasteiger partial charge in [-0.15, -0.1) is 0 Å². The summed E-state index contributed by atoms with van der Waals surface area (Å²) >= 11 is 0. The number of hydrogen-bond acceptors (Lipinski definition) is 3. The Balaban J connectivity index is 2.75. The maximum absolute atomic E-state index is 5.58. The third-order valence-corrected chi connectivity index (χ3v) is 2.02. The molecule has 0 aliphatic rings. The van der Waals surface area contributed by atoms with E-state index in [1.54, 1.807) is 0 Å². The number of aryl methyl sites for hydroxylation is 1. The molecule has 0 spiro atoms. The standard InChI is InChI=1S/C12H18N2O/c1-3-4-9-15-12-6-5-10(2)14-11(12)7-8-13/h3-6H,7-9,13H2,1-2H3. The fourth-order valence-electron chi connectivity index (χ4n) is 1.28. The van der Waals surface area contributed by atoms with Crippen molar-refractivity contribution in [3.8, 4) is 5.75 Å². The van der Waals surface area contributed by atoms with Gasteiger partial charge in [0.05, 0.1) is 5.69 Å². The van der Waals surface area contributed by atoms with Gasteiger partial charge in [-0.3, -0.25) is 4.98 Å². The van der Waals surface area contributed by atoms with Crippen molar-refractivity contribution in [2.45, 2.75) is 20.3 Å². The van der Waals surface area contributed by atoms with E-state index in [1.807, 2.05) is 38.1 Å². The second kappa shape index (κ2) is 6.19. The van der Waals surface area contributed by atoms with Crippen LogP contribution < -0.4 is 10.5 Å². The van der Waals surface area contributed by atoms with Crippen LogP contribution in [0.2, 0.25) is 0 Å². The molecule has 1 rings (SSSR count). The molecule has 0 unspecified atom stereocenters. The molecule has 15 heavy (non-hydrogen) atoms. The molecule has 0 amide bonds. The average molecular weight is 206 g/mol. The summed E-state index contributed by atoms with van der Waals surface area (Å²) in [5.41, 5.74) is 7.47. The van der Waals surface area contributed by atoms with Gasteiger partial charge in [-0.05, 0) is 32.5 Å². The number of ether oxygens (including phenoxy) is 1. The number of nitrogens with two attached hydrogens (primary N) is 1. The van der Waals surface area contributed by atoms with Gasteiger partial charge >= 0.3 is 0 Å². The highest BCUT2D eigenvalue weighted by molar-refractivity contribution is 5.29. The summed E-state index contributed by atoms with van der Waals surface area (Å²) in [5, 5.41) is 0. The molecule has 0 radical (unpaired) electrons. The topological polar surface area (TPSA) is 48.1 Å². The highest BCUT2D eigenvalue weighted by Gasteiger charge is 2.04. The maximum Gasteiger partial charge on any atom is 0.141 e. The van der Waals surface area contributed by atoms with Crippen molar-refractivity contribution in [2.75, 3.05) is 13.2 Å². The Morgan fingerprint density at radius 1 is 1.47 bits per heavy atom. The largest absolute Gasteiger partial charge is 0.488 e. The fraction of sp³-hybridized carbons (Fsp3) is 0.417. The summed E-state index contributed by atoms with van der Waals surface area (Å²) < 4.78 is 5.58. The van der Waals surface area contributed by atoms with Crippen molar-refractivity contribution in [1.82, 2.24) is 4.98 Å². The van der Waals surface area contributed by atoms with Gasteiger partial charge in [-0.2, -0.15) is 0 Å². The van der Waals surface area contributed by atoms with Gasteiger partial charge in [-0.1, -0.05) is 12.2 Å². The third kappa shape index (κ3) is 3.72. The molecule has 2 N–H and O–H groups in total. The summed E-state index contributed by atoms with van der Waals surface area (Å²) in [4.78, 5) is 4.41. The van der Waals surface area contributed by atoms with Crippen molar-refractivity contribution >= 4 is 0 Å². The van der Waals surface area contributed by atoms with Gasteiger partial charge in [0, 0.05) is 12.1 Å². The highest BCUT2D eigenvalue weighted by atomic mass is 16.5. The van der Waals surface area contributed by atoms with Crippen LogP contribution in [-0.2, 0) is 6.42 Å². The molecule has 0 atom stereocenters. The molecule has 1 aromatic heterocycles. The smallest absolute Gasteiger partial charge is 0.141 e. The molecule has 0 saturated heterocycles. The lowest BCUT2D eigenvalue weighted by Gasteiger charge is -2.09. The molecule has 0 aliphatic carbocycles. The molecule has 3 heteroatoms. The molecule has 0 fully saturated rings. The Kier molecular flexibility index (Phi) is 4.84. The van der Waals surface area contributed by atoms with E-state index >= 15 is 0 Å². The minimum atomic E-state index is 0.582. The first kappa shape index (κ1) is 11.7. The van der Waals surface area contributed by atoms with E-state index in [9.17, 15) is 0 Å². The Morgan fingerprint density at radius 2 is 2.27 bits per heavy atom. The Morgan fingerprint density at radius 3 is 2.93 bits per heavy atom. The van der Waals surface area contributed by atoms with Crippen molar-refractivity contribution in [2.24, 2.45) is 5.73 Å². The van der Waals surface area contributed by atoms with Crippen LogP contribution in [0, 0.1) is 6.92 Å². The van der Waals surface area contributed by atoms with E-state index < -0.39 is 0 Å². The average Bonchev–Trinajstić information content (AvgIpc) is 2.22. The molecule has 1 heterocycles. The lowest BCUT2D eigenvalue weighted by molar-refractivity contribution is 0.356. The monoisotopic (exact) mass is 206 g/mol. The number of allylic oxidation sites excluding steroid dienone is 1. The molecule has 82 valence electrons. The molecule has 0 bridgehead atoms. The lowest BCUT2D eigenvalue weighted by Crippen LogP contribution is -2.08. The van der Waals surface area contributed by atoms with Crippen molar-refractivity contribution in [3.63, 3.8) is 0 Å². The second-order valence-electron chi connectivity index (χ2n) is 3.32. The van der Waals surface area contributed by atoms with E-state index in [1.165, 1.54) is 0 Å². The molecular formula is C12H18N2O. The van der Waals surface area contributed by atoms with Gasteiger partial charge in [0.1, 0.15) is 12.4 Å². The molecule has 3 nitrogen and oxygen atoms in total. The van der Waals surface area contributed by atoms with Crippen LogP contribution in [0.4, 0.5) is 0 Å². The van der Waals surface area contributed by atoms with Crippen LogP contribution in [0.25, 0.3) is 0 Å². The van der Waals surface area contributed by atoms with Crippen molar-refractivity contribution < 1.29 is 4.74 Å². The zero-order valence-electron chi connectivity index (χ0n) is 9.36. The maximum atomic E-state index is 5.58. The minimum absolute atomic E-state index is 0.582. The zero-order valence-corrected chi connectivity index (χ0v) is 9.36. The normalized spacial score (nSPS) is 10.9. The third-order valence-electron chi connectivity index (χ3n) is 2.02. The van der Waals surface area contributed by atoms with Crippen LogP contribution in [0.15, 0.2) is 24.3 Å². The fourth-order valence-corrected chi connectivity index (χ4v) is 1.28. The Labute approximate surface area is 91.0 Å². The summed E-state index contributed by atoms with van der Waals surface area (Å²) in [5.74, 6) is 0.837. The van der Waals surface area contributed by atoms with Crippen molar-refractivity contribution in [1.29, 1.82) is 0 Å². The summed E-state index contributed by atoms with van der Waals surface area (Å²) in [6.45, 7) is 5.11. The first-order valence-corrected chi connectivity index (χ1v) is 5.18. The van der Waals surface area contributed by atoms with Gasteiger partial charge in [0.2, 0.25) is 0 Å². The zero-order chi connectivity index (χ0) is 11.1. The van der Waals surface area contributed by atoms with Gasteiger partial charge < -0.3 is 10.5 Å². The van der Waals surface area contributed by atoms with Crippen LogP contribution in [-0.4, -0.2) is 18.1 Å². The lowest BCUT2D eigenvalue weighted by atomic mass is 10.2. The highest BCUT2D eigenvalue weighted by Crippen LogP contribution is 2.17. The summed E-state index contributed by atoms with van der Waals surface area (Å²) in [6.07, 6.45) is 4.68. The quantitative estimate of drug-likeness (QED) is 0.748. The number of aromatic nitrogens is 1. The van der Waals surface area contributed by atoms with Crippen molar-refractivity contribution in [3.05, 3.63) is 35.7 Å². The second-order valence-corrected chi connectivity index (χ2v) is 3.32. The number of nitrogens with zero attached hydrogens (tertiary/aromatic N) is 1. The first-order valence-electron chi connectivity index (χ1n) is 5.18. The van der Waals surface area contributed by atoms with Gasteiger partial charge in [0.25, 0.3) is 0 Å². The van der Waals surface area contributed by atoms with E-state index in [0.29, 0.717) is 13.2 Å². The van der Waals surface area contributed by atoms with Crippen LogP contribution in [0.3, 0.4) is 0 Å². The molecule has 0 saturated carbocycles. The molecule has 1 aromatic rings.